The number of hydrogen-bond donors (Lipinski definition) is 1. The van der Waals surface area contributed by atoms with Gasteiger partial charge in [-0.05, 0) is 29.7 Å². The average Bonchev–Trinajstić information content (AvgIpc) is 2.49. The maximum Gasteiger partial charge on any atom is 0.261 e. The maximum absolute atomic E-state index is 12.4. The molecular formula is C16H15N3O2. The summed E-state index contributed by atoms with van der Waals surface area (Å²) < 4.78 is 1.38. The molecule has 0 atom stereocenters. The lowest BCUT2D eigenvalue weighted by Gasteiger charge is -2.10. The molecule has 0 saturated heterocycles. The van der Waals surface area contributed by atoms with Gasteiger partial charge in [-0.3, -0.25) is 14.2 Å². The van der Waals surface area contributed by atoms with Gasteiger partial charge in [-0.25, -0.2) is 4.98 Å². The Morgan fingerprint density at radius 3 is 2.57 bits per heavy atom. The Balaban J connectivity index is 2.28. The summed E-state index contributed by atoms with van der Waals surface area (Å²) in [6, 6.07) is 5.31. The van der Waals surface area contributed by atoms with E-state index < -0.39 is 0 Å². The Labute approximate surface area is 121 Å². The average molecular weight is 281 g/mol. The highest BCUT2D eigenvalue weighted by molar-refractivity contribution is 5.76. The number of rotatable bonds is 2. The van der Waals surface area contributed by atoms with Crippen molar-refractivity contribution < 1.29 is 5.11 Å². The molecule has 3 aromatic rings. The first kappa shape index (κ1) is 13.3. The first-order chi connectivity index (χ1) is 10.1. The molecule has 0 saturated carbocycles. The molecule has 3 heterocycles. The van der Waals surface area contributed by atoms with Gasteiger partial charge < -0.3 is 5.11 Å². The minimum atomic E-state index is -0.147. The Morgan fingerprint density at radius 1 is 1.19 bits per heavy atom. The van der Waals surface area contributed by atoms with Crippen LogP contribution in [0.5, 0.6) is 5.75 Å². The molecule has 5 heteroatoms. The molecule has 0 unspecified atom stereocenters. The van der Waals surface area contributed by atoms with E-state index in [-0.39, 0.29) is 22.9 Å². The topological polar surface area (TPSA) is 67.5 Å². The van der Waals surface area contributed by atoms with Crippen molar-refractivity contribution in [2.24, 2.45) is 0 Å². The first-order valence-corrected chi connectivity index (χ1v) is 6.73. The summed E-state index contributed by atoms with van der Waals surface area (Å²) in [5, 5.41) is 10.4. The number of pyridine rings is 2. The van der Waals surface area contributed by atoms with E-state index in [0.717, 1.165) is 5.56 Å². The van der Waals surface area contributed by atoms with Crippen LogP contribution in [-0.4, -0.2) is 19.5 Å². The third kappa shape index (κ3) is 2.16. The van der Waals surface area contributed by atoms with Crippen LogP contribution in [0.1, 0.15) is 25.3 Å². The van der Waals surface area contributed by atoms with Crippen molar-refractivity contribution in [2.75, 3.05) is 0 Å². The molecule has 0 fully saturated rings. The van der Waals surface area contributed by atoms with Crippen LogP contribution in [0.3, 0.4) is 0 Å². The Hall–Kier alpha value is -2.69. The lowest BCUT2D eigenvalue weighted by Crippen LogP contribution is -2.20. The van der Waals surface area contributed by atoms with Gasteiger partial charge in [0.15, 0.2) is 11.4 Å². The third-order valence-electron chi connectivity index (χ3n) is 3.49. The highest BCUT2D eigenvalue weighted by Crippen LogP contribution is 2.30. The number of aromatic hydroxyl groups is 1. The molecule has 106 valence electrons. The van der Waals surface area contributed by atoms with Crippen LogP contribution in [0.4, 0.5) is 0 Å². The molecule has 0 aromatic carbocycles. The van der Waals surface area contributed by atoms with Crippen molar-refractivity contribution in [3.05, 3.63) is 58.9 Å². The van der Waals surface area contributed by atoms with Crippen LogP contribution < -0.4 is 5.56 Å². The van der Waals surface area contributed by atoms with Gasteiger partial charge in [0.1, 0.15) is 0 Å². The van der Waals surface area contributed by atoms with E-state index in [4.69, 9.17) is 0 Å². The Morgan fingerprint density at radius 2 is 1.90 bits per heavy atom. The van der Waals surface area contributed by atoms with Gasteiger partial charge in [-0.2, -0.15) is 0 Å². The molecule has 0 spiro atoms. The van der Waals surface area contributed by atoms with Gasteiger partial charge in [0.05, 0.1) is 0 Å². The second-order valence-electron chi connectivity index (χ2n) is 5.18. The minimum absolute atomic E-state index is 0.00361. The Kier molecular flexibility index (Phi) is 3.17. The smallest absolute Gasteiger partial charge is 0.261 e. The normalized spacial score (nSPS) is 11.2. The highest BCUT2D eigenvalue weighted by atomic mass is 16.3. The molecule has 0 amide bonds. The zero-order chi connectivity index (χ0) is 15.0. The van der Waals surface area contributed by atoms with E-state index in [0.29, 0.717) is 11.1 Å². The van der Waals surface area contributed by atoms with Crippen LogP contribution in [0.2, 0.25) is 0 Å². The van der Waals surface area contributed by atoms with Crippen molar-refractivity contribution in [1.29, 1.82) is 0 Å². The van der Waals surface area contributed by atoms with Gasteiger partial charge in [0, 0.05) is 35.9 Å². The summed E-state index contributed by atoms with van der Waals surface area (Å²) in [7, 11) is 0. The number of hydrogen-bond acceptors (Lipinski definition) is 4. The third-order valence-corrected chi connectivity index (χ3v) is 3.49. The second kappa shape index (κ2) is 5.01. The molecule has 0 aliphatic heterocycles. The van der Waals surface area contributed by atoms with Gasteiger partial charge in [0.25, 0.3) is 5.56 Å². The van der Waals surface area contributed by atoms with Crippen LogP contribution in [0, 0.1) is 0 Å². The van der Waals surface area contributed by atoms with Crippen LogP contribution in [0.25, 0.3) is 16.8 Å². The molecule has 21 heavy (non-hydrogen) atoms. The van der Waals surface area contributed by atoms with Crippen molar-refractivity contribution in [2.45, 2.75) is 19.8 Å². The monoisotopic (exact) mass is 281 g/mol. The first-order valence-electron chi connectivity index (χ1n) is 6.73. The van der Waals surface area contributed by atoms with Crippen molar-refractivity contribution in [1.82, 2.24) is 14.4 Å². The molecular weight excluding hydrogens is 266 g/mol. The molecule has 3 rings (SSSR count). The summed E-state index contributed by atoms with van der Waals surface area (Å²) in [6.45, 7) is 3.88. The van der Waals surface area contributed by atoms with Gasteiger partial charge >= 0.3 is 0 Å². The van der Waals surface area contributed by atoms with Gasteiger partial charge in [0.2, 0.25) is 0 Å². The fourth-order valence-electron chi connectivity index (χ4n) is 2.31. The second-order valence-corrected chi connectivity index (χ2v) is 5.18. The van der Waals surface area contributed by atoms with Crippen molar-refractivity contribution in [3.8, 4) is 16.9 Å². The zero-order valence-corrected chi connectivity index (χ0v) is 11.8. The predicted molar refractivity (Wildman–Crippen MR) is 80.4 cm³/mol. The molecule has 5 nitrogen and oxygen atoms in total. The maximum atomic E-state index is 12.4. The predicted octanol–water partition coefficient (Wildman–Crippen LogP) is 2.59. The lowest BCUT2D eigenvalue weighted by molar-refractivity contribution is 0.478. The highest BCUT2D eigenvalue weighted by Gasteiger charge is 2.14. The fourth-order valence-corrected chi connectivity index (χ4v) is 2.31. The molecule has 0 bridgehead atoms. The number of aromatic nitrogens is 3. The molecule has 0 radical (unpaired) electrons. The molecule has 0 aliphatic carbocycles. The standard InChI is InChI=1S/C16H15N3O2/c1-10(2)13-9-18-15-14(20)12(5-8-19(15)16(13)21)11-3-6-17-7-4-11/h3-10,20H,1-2H3. The summed E-state index contributed by atoms with van der Waals surface area (Å²) in [5.41, 5.74) is 2.20. The van der Waals surface area contributed by atoms with Crippen LogP contribution in [-0.2, 0) is 0 Å². The zero-order valence-electron chi connectivity index (χ0n) is 11.8. The van der Waals surface area contributed by atoms with Crippen LogP contribution >= 0.6 is 0 Å². The molecule has 0 aliphatic rings. The van der Waals surface area contributed by atoms with Crippen molar-refractivity contribution in [3.63, 3.8) is 0 Å². The molecule has 3 aromatic heterocycles. The largest absolute Gasteiger partial charge is 0.504 e. The van der Waals surface area contributed by atoms with Crippen LogP contribution in [0.15, 0.2) is 47.8 Å². The SMILES string of the molecule is CC(C)c1cnc2c(O)c(-c3ccncc3)ccn2c1=O. The van der Waals surface area contributed by atoms with E-state index in [9.17, 15) is 9.90 Å². The van der Waals surface area contributed by atoms with E-state index >= 15 is 0 Å². The number of fused-ring (bicyclic) bond motifs is 1. The van der Waals surface area contributed by atoms with E-state index in [1.165, 1.54) is 4.40 Å². The molecule has 1 N–H and O–H groups in total. The van der Waals surface area contributed by atoms with E-state index in [1.54, 1.807) is 43.0 Å². The quantitative estimate of drug-likeness (QED) is 0.784. The lowest BCUT2D eigenvalue weighted by atomic mass is 10.1. The fraction of sp³-hybridized carbons (Fsp3) is 0.188. The van der Waals surface area contributed by atoms with Crippen molar-refractivity contribution >= 4 is 5.65 Å². The summed E-state index contributed by atoms with van der Waals surface area (Å²) in [6.07, 6.45) is 6.49. The van der Waals surface area contributed by atoms with Gasteiger partial charge in [-0.15, -0.1) is 0 Å². The Bertz CT molecular complexity index is 855. The van der Waals surface area contributed by atoms with E-state index in [1.807, 2.05) is 13.8 Å². The van der Waals surface area contributed by atoms with E-state index in [2.05, 4.69) is 9.97 Å². The number of nitrogens with zero attached hydrogens (tertiary/aromatic N) is 3. The minimum Gasteiger partial charge on any atom is -0.504 e. The summed E-state index contributed by atoms with van der Waals surface area (Å²) in [5.74, 6) is 0.0834. The summed E-state index contributed by atoms with van der Waals surface area (Å²) >= 11 is 0. The van der Waals surface area contributed by atoms with Gasteiger partial charge in [-0.1, -0.05) is 13.8 Å². The summed E-state index contributed by atoms with van der Waals surface area (Å²) in [4.78, 5) is 20.6.